The van der Waals surface area contributed by atoms with Crippen LogP contribution in [0.1, 0.15) is 84.9 Å². The number of rotatable bonds is 9. The number of carbonyl (C=O) groups is 1. The molecule has 1 N–H and O–H groups in total. The summed E-state index contributed by atoms with van der Waals surface area (Å²) in [6.07, 6.45) is 0.0940. The van der Waals surface area contributed by atoms with Gasteiger partial charge in [0.25, 0.3) is 5.69 Å². The van der Waals surface area contributed by atoms with Gasteiger partial charge in [0.05, 0.1) is 27.0 Å². The fraction of sp³-hybridized carbons (Fsp3) is 0.459. The lowest BCUT2D eigenvalue weighted by Gasteiger charge is -2.30. The van der Waals surface area contributed by atoms with Gasteiger partial charge in [-0.25, -0.2) is 0 Å². The number of benzene rings is 2. The van der Waals surface area contributed by atoms with Crippen LogP contribution in [0.3, 0.4) is 0 Å². The van der Waals surface area contributed by atoms with Crippen LogP contribution >= 0.6 is 0 Å². The average Bonchev–Trinajstić information content (AvgIpc) is 3.33. The topological polar surface area (TPSA) is 86.7 Å². The summed E-state index contributed by atoms with van der Waals surface area (Å²) in [4.78, 5) is 27.3. The van der Waals surface area contributed by atoms with Gasteiger partial charge < -0.3 is 10.0 Å². The van der Waals surface area contributed by atoms with Crippen molar-refractivity contribution in [3.63, 3.8) is 0 Å². The molecule has 3 aliphatic rings. The number of nitro groups is 1. The van der Waals surface area contributed by atoms with Gasteiger partial charge in [0.15, 0.2) is 5.71 Å². The second-order valence-electron chi connectivity index (χ2n) is 14.6. The number of allylic oxidation sites excluding steroid dienone is 5. The maximum absolute atomic E-state index is 14.2. The maximum Gasteiger partial charge on any atom is 0.416 e. The number of aliphatic hydroxyl groups excluding tert-OH is 1. The predicted molar refractivity (Wildman–Crippen MR) is 177 cm³/mol. The molecule has 0 radical (unpaired) electrons. The van der Waals surface area contributed by atoms with E-state index < -0.39 is 33.3 Å². The number of halogens is 3. The maximum atomic E-state index is 14.2. The quantitative estimate of drug-likeness (QED) is 0.127. The molecule has 0 aromatic heterocycles. The van der Waals surface area contributed by atoms with Crippen molar-refractivity contribution < 1.29 is 32.6 Å². The Bertz CT molecular complexity index is 1790. The zero-order valence-electron chi connectivity index (χ0n) is 28.2. The largest absolute Gasteiger partial charge is 0.506 e. The van der Waals surface area contributed by atoms with Crippen LogP contribution in [0, 0.1) is 22.0 Å². The molecule has 2 aromatic carbocycles. The van der Waals surface area contributed by atoms with Gasteiger partial charge in [0, 0.05) is 48.0 Å². The smallest absolute Gasteiger partial charge is 0.416 e. The molecule has 0 unspecified atom stereocenters. The van der Waals surface area contributed by atoms with Gasteiger partial charge in [0.1, 0.15) is 17.9 Å². The van der Waals surface area contributed by atoms with Crippen molar-refractivity contribution in [1.29, 1.82) is 0 Å². The number of hydrogen-bond donors (Lipinski definition) is 1. The van der Waals surface area contributed by atoms with E-state index in [0.29, 0.717) is 53.8 Å². The number of hydrogen-bond acceptors (Lipinski definition) is 5. The molecule has 2 aromatic rings. The minimum absolute atomic E-state index is 0.0108. The van der Waals surface area contributed by atoms with Crippen LogP contribution in [0.25, 0.3) is 0 Å². The summed E-state index contributed by atoms with van der Waals surface area (Å²) in [6.45, 7) is 16.4. The van der Waals surface area contributed by atoms with E-state index in [4.69, 9.17) is 0 Å². The predicted octanol–water partition coefficient (Wildman–Crippen LogP) is 9.08. The van der Waals surface area contributed by atoms with E-state index in [-0.39, 0.29) is 34.1 Å². The Hall–Kier alpha value is -4.21. The van der Waals surface area contributed by atoms with Crippen LogP contribution in [0.2, 0.25) is 0 Å². The molecule has 47 heavy (non-hydrogen) atoms. The van der Waals surface area contributed by atoms with E-state index in [2.05, 4.69) is 13.8 Å². The van der Waals surface area contributed by atoms with Crippen molar-refractivity contribution in [2.75, 3.05) is 18.0 Å². The van der Waals surface area contributed by atoms with Crippen molar-refractivity contribution in [2.24, 2.45) is 11.8 Å². The number of aliphatic hydroxyl groups is 1. The van der Waals surface area contributed by atoms with Gasteiger partial charge in [-0.1, -0.05) is 47.6 Å². The molecule has 0 bridgehead atoms. The molecule has 0 saturated heterocycles. The highest BCUT2D eigenvalue weighted by Crippen LogP contribution is 2.53. The molecule has 0 atom stereocenters. The fourth-order valence-electron chi connectivity index (χ4n) is 7.15. The lowest BCUT2D eigenvalue weighted by Crippen LogP contribution is -2.33. The number of alkyl halides is 3. The normalized spacial score (nSPS) is 20.2. The van der Waals surface area contributed by atoms with Gasteiger partial charge in [0.2, 0.25) is 11.5 Å². The number of nitro benzene ring substituents is 1. The summed E-state index contributed by atoms with van der Waals surface area (Å²) in [5.74, 6) is -0.0417. The van der Waals surface area contributed by atoms with E-state index in [0.717, 1.165) is 12.5 Å². The second kappa shape index (κ2) is 11.8. The fourth-order valence-corrected chi connectivity index (χ4v) is 7.15. The van der Waals surface area contributed by atoms with Gasteiger partial charge in [-0.3, -0.25) is 14.9 Å². The van der Waals surface area contributed by atoms with Gasteiger partial charge in [-0.2, -0.15) is 17.7 Å². The Morgan fingerprint density at radius 2 is 1.60 bits per heavy atom. The minimum Gasteiger partial charge on any atom is -0.506 e. The molecule has 5 rings (SSSR count). The first-order valence-electron chi connectivity index (χ1n) is 16.1. The Labute approximate surface area is 273 Å². The van der Waals surface area contributed by atoms with Crippen LogP contribution < -0.4 is 4.90 Å². The average molecular weight is 651 g/mol. The van der Waals surface area contributed by atoms with Crippen LogP contribution in [-0.4, -0.2) is 39.2 Å². The third-order valence-electron chi connectivity index (χ3n) is 9.68. The highest BCUT2D eigenvalue weighted by atomic mass is 19.4. The van der Waals surface area contributed by atoms with E-state index in [1.54, 1.807) is 32.1 Å². The molecule has 0 fully saturated rings. The van der Waals surface area contributed by atoms with E-state index in [9.17, 15) is 33.2 Å². The summed E-state index contributed by atoms with van der Waals surface area (Å²) in [5, 5.41) is 23.4. The number of nitrogens with zero attached hydrogens (tertiary/aromatic N) is 3. The van der Waals surface area contributed by atoms with Crippen molar-refractivity contribution in [3.8, 4) is 0 Å². The number of carbonyl (C=O) groups excluding carboxylic acids is 1. The first-order valence-corrected chi connectivity index (χ1v) is 16.1. The van der Waals surface area contributed by atoms with Crippen molar-refractivity contribution in [1.82, 2.24) is 0 Å². The van der Waals surface area contributed by atoms with Crippen molar-refractivity contribution >= 4 is 28.6 Å². The highest BCUT2D eigenvalue weighted by molar-refractivity contribution is 6.24. The lowest BCUT2D eigenvalue weighted by atomic mass is 9.76. The van der Waals surface area contributed by atoms with Crippen LogP contribution in [0.15, 0.2) is 71.2 Å². The van der Waals surface area contributed by atoms with E-state index >= 15 is 0 Å². The van der Waals surface area contributed by atoms with E-state index in [1.165, 1.54) is 18.2 Å². The number of Topliss-reactive ketones (excluding diaryl/α,β-unsaturated/α-hetero) is 1. The summed E-state index contributed by atoms with van der Waals surface area (Å²) in [7, 11) is 0. The Kier molecular flexibility index (Phi) is 8.56. The van der Waals surface area contributed by atoms with Crippen LogP contribution in [0.4, 0.5) is 30.2 Å². The molecule has 1 aliphatic carbocycles. The monoisotopic (exact) mass is 650 g/mol. The Balaban J connectivity index is 1.64. The summed E-state index contributed by atoms with van der Waals surface area (Å²) < 4.78 is 44.7. The number of fused-ring (bicyclic) bond motifs is 2. The Morgan fingerprint density at radius 1 is 0.957 bits per heavy atom. The molecule has 0 saturated carbocycles. The van der Waals surface area contributed by atoms with Gasteiger partial charge in [-0.15, -0.1) is 0 Å². The van der Waals surface area contributed by atoms with Crippen LogP contribution in [0.5, 0.6) is 0 Å². The Morgan fingerprint density at radius 3 is 2.17 bits per heavy atom. The molecule has 7 nitrogen and oxygen atoms in total. The SMILES string of the molecule is CC(C)CCN1/C(=C\C2=C(O)C(=C\C3=[N+](CCC(C)C)c4cccc([N+](=O)[O-])c4C3(C)C)/C2=O)C(C)(C)c2c1cccc2C(F)(F)F. The van der Waals surface area contributed by atoms with Crippen molar-refractivity contribution in [2.45, 2.75) is 85.2 Å². The second-order valence-corrected chi connectivity index (χ2v) is 14.6. The zero-order chi connectivity index (χ0) is 34.8. The van der Waals surface area contributed by atoms with Crippen molar-refractivity contribution in [3.05, 3.63) is 98.0 Å². The summed E-state index contributed by atoms with van der Waals surface area (Å²) in [6, 6.07) is 9.14. The first-order chi connectivity index (χ1) is 21.8. The molecule has 10 heteroatoms. The molecular formula is C37H43F3N3O4+. The lowest BCUT2D eigenvalue weighted by molar-refractivity contribution is -0.440. The number of ketones is 1. The van der Waals surface area contributed by atoms with Gasteiger partial charge >= 0.3 is 6.18 Å². The van der Waals surface area contributed by atoms with E-state index in [1.807, 2.05) is 43.2 Å². The standard InChI is InChI=1S/C37H42F3N3O4/c1-21(2)15-17-41-26-12-9-11-25(37(38,39)40)31(26)35(5,6)29(41)19-23-33(44)24(34(23)45)20-30-36(7,8)32-27(42(30)18-16-22(3)4)13-10-14-28(32)43(46)47/h9-14,19-22H,15-18H2,1-8H3/p+1. The zero-order valence-corrected chi connectivity index (χ0v) is 28.2. The first kappa shape index (κ1) is 34.1. The third kappa shape index (κ3) is 5.69. The summed E-state index contributed by atoms with van der Waals surface area (Å²) >= 11 is 0. The minimum atomic E-state index is -4.56. The summed E-state index contributed by atoms with van der Waals surface area (Å²) in [5.41, 5.74) is 0.417. The molecule has 250 valence electrons. The molecule has 0 spiro atoms. The molecule has 2 aliphatic heterocycles. The van der Waals surface area contributed by atoms with Crippen LogP contribution in [-0.2, 0) is 21.8 Å². The molecule has 0 amide bonds. The molecule has 2 heterocycles. The highest BCUT2D eigenvalue weighted by Gasteiger charge is 2.51. The third-order valence-corrected chi connectivity index (χ3v) is 9.68. The van der Waals surface area contributed by atoms with Gasteiger partial charge in [-0.05, 0) is 61.9 Å². The molecular weight excluding hydrogens is 607 g/mol. The number of anilines is 1.